The van der Waals surface area contributed by atoms with Gasteiger partial charge in [-0.25, -0.2) is 28.4 Å². The van der Waals surface area contributed by atoms with Gasteiger partial charge in [-0.1, -0.05) is 28.1 Å². The Balaban J connectivity index is 0.000000130. The maximum atomic E-state index is 11.8. The first-order valence-corrected chi connectivity index (χ1v) is 36.2. The average Bonchev–Trinajstić information content (AvgIpc) is 1.68. The van der Waals surface area contributed by atoms with Crippen molar-refractivity contribution < 1.29 is 44.9 Å². The molecule has 0 bridgehead atoms. The number of methoxy groups -OCH3 is 3. The summed E-state index contributed by atoms with van der Waals surface area (Å²) < 4.78 is 74.0. The number of pyridine rings is 4. The number of aryl methyl sites for hydroxylation is 8. The number of sulfone groups is 1. The minimum atomic E-state index is -2.91. The number of aromatic amines is 4. The van der Waals surface area contributed by atoms with Crippen LogP contribution in [0.2, 0.25) is 0 Å². The highest BCUT2D eigenvalue weighted by molar-refractivity contribution is 7.99. The van der Waals surface area contributed by atoms with Gasteiger partial charge in [0.15, 0.2) is 0 Å². The number of hydrogen-bond acceptors (Lipinski definition) is 19. The van der Waals surface area contributed by atoms with E-state index in [2.05, 4.69) is 91.0 Å². The lowest BCUT2D eigenvalue weighted by molar-refractivity contribution is 0.0480. The Morgan fingerprint density at radius 3 is 1.17 bits per heavy atom. The third-order valence-corrected chi connectivity index (χ3v) is 22.8. The fourth-order valence-corrected chi connectivity index (χ4v) is 17.9. The zero-order valence-corrected chi connectivity index (χ0v) is 57.3. The second-order valence-corrected chi connectivity index (χ2v) is 29.8. The average molecular weight is 1350 g/mol. The van der Waals surface area contributed by atoms with Gasteiger partial charge in [-0.05, 0) is 154 Å². The lowest BCUT2D eigenvalue weighted by Crippen LogP contribution is -2.28. The van der Waals surface area contributed by atoms with E-state index in [1.54, 1.807) is 14.2 Å². The Morgan fingerprint density at radius 1 is 0.484 bits per heavy atom. The number of ether oxygens (including phenoxy) is 3. The van der Waals surface area contributed by atoms with Crippen molar-refractivity contribution in [3.8, 4) is 44.5 Å². The van der Waals surface area contributed by atoms with Gasteiger partial charge in [0.1, 0.15) is 55.5 Å². The van der Waals surface area contributed by atoms with E-state index in [1.807, 2.05) is 124 Å². The Bertz CT molecular complexity index is 4650. The molecule has 3 aliphatic rings. The number of aromatic nitrogens is 12. The van der Waals surface area contributed by atoms with Gasteiger partial charge in [-0.3, -0.25) is 4.21 Å². The van der Waals surface area contributed by atoms with E-state index in [0.717, 1.165) is 170 Å². The molecular formula is C70H84N12O10S3. The first-order valence-electron chi connectivity index (χ1n) is 31.7. The van der Waals surface area contributed by atoms with Crippen molar-refractivity contribution in [2.24, 2.45) is 17.8 Å². The van der Waals surface area contributed by atoms with Crippen molar-refractivity contribution in [3.63, 3.8) is 0 Å². The molecule has 0 aromatic carbocycles. The molecule has 502 valence electrons. The van der Waals surface area contributed by atoms with Crippen LogP contribution in [0.1, 0.15) is 127 Å². The van der Waals surface area contributed by atoms with Crippen LogP contribution < -0.4 is 0 Å². The molecule has 0 aliphatic carbocycles. The quantitative estimate of drug-likeness (QED) is 0.0834. The Hall–Kier alpha value is -8.07. The van der Waals surface area contributed by atoms with Gasteiger partial charge in [0.2, 0.25) is 0 Å². The van der Waals surface area contributed by atoms with Gasteiger partial charge >= 0.3 is 0 Å². The highest BCUT2D eigenvalue weighted by Crippen LogP contribution is 2.43. The highest BCUT2D eigenvalue weighted by atomic mass is 32.2. The smallest absolute Gasteiger partial charge is 0.150 e. The van der Waals surface area contributed by atoms with Gasteiger partial charge < -0.3 is 52.2 Å². The maximum absolute atomic E-state index is 11.8. The van der Waals surface area contributed by atoms with Gasteiger partial charge in [0, 0.05) is 176 Å². The summed E-state index contributed by atoms with van der Waals surface area (Å²) in [4.78, 5) is 31.0. The number of H-pyrrole nitrogens is 4. The lowest BCUT2D eigenvalue weighted by atomic mass is 9.90. The molecule has 15 heterocycles. The summed E-state index contributed by atoms with van der Waals surface area (Å²) in [7, 11) is 1.66. The molecule has 25 heteroatoms. The Kier molecular flexibility index (Phi) is 21.2. The Labute approximate surface area is 559 Å². The third-order valence-electron chi connectivity index (χ3n) is 18.6. The molecule has 0 spiro atoms. The molecule has 22 nitrogen and oxygen atoms in total. The number of thioether (sulfide) groups is 1. The van der Waals surface area contributed by atoms with Crippen LogP contribution in [0.5, 0.6) is 0 Å². The minimum absolute atomic E-state index is 0. The van der Waals surface area contributed by atoms with E-state index in [9.17, 15) is 12.6 Å². The molecule has 0 radical (unpaired) electrons. The van der Waals surface area contributed by atoms with E-state index in [-0.39, 0.29) is 43.2 Å². The van der Waals surface area contributed by atoms with Crippen molar-refractivity contribution >= 4 is 76.5 Å². The third kappa shape index (κ3) is 14.4. The Morgan fingerprint density at radius 2 is 0.821 bits per heavy atom. The van der Waals surface area contributed by atoms with Crippen molar-refractivity contribution in [2.45, 2.75) is 120 Å². The maximum Gasteiger partial charge on any atom is 0.150 e. The minimum Gasteiger partial charge on any atom is -0.376 e. The van der Waals surface area contributed by atoms with Gasteiger partial charge in [-0.15, -0.1) is 0 Å². The molecule has 3 fully saturated rings. The van der Waals surface area contributed by atoms with Crippen LogP contribution in [0.25, 0.3) is 88.6 Å². The highest BCUT2D eigenvalue weighted by Gasteiger charge is 2.34. The zero-order valence-electron chi connectivity index (χ0n) is 54.8. The molecule has 0 saturated carbocycles. The first kappa shape index (κ1) is 68.3. The lowest BCUT2D eigenvalue weighted by Gasteiger charge is -2.29. The molecular weight excluding hydrogens is 1270 g/mol. The topological polar surface area (TPSA) is 298 Å². The van der Waals surface area contributed by atoms with E-state index in [0.29, 0.717) is 24.7 Å². The SMILES string of the molecule is C.COC(c1c[nH]c2ncc(-c3c(C)noc3C)cc12)C1CCS(=O)(=O)CC1.COC(c1c[nH]c2ncc(-c3c(C)noc3C)cc12)C1CCS(=O)CC1.COC(c1c[nH]c2ncc(-c3c(C)noc3C)cc12)C1CCSCC1.Cc1noc(C)c1-c1cnc2[nH]ccc2c1. The summed E-state index contributed by atoms with van der Waals surface area (Å²) in [6.45, 7) is 15.4. The van der Waals surface area contributed by atoms with E-state index < -0.39 is 20.6 Å². The van der Waals surface area contributed by atoms with E-state index in [1.165, 1.54) is 29.9 Å². The molecule has 3 atom stereocenters. The predicted molar refractivity (Wildman–Crippen MR) is 372 cm³/mol. The first-order chi connectivity index (χ1) is 45.4. The number of nitrogens with zero attached hydrogens (tertiary/aromatic N) is 8. The molecule has 0 amide bonds. The second-order valence-electron chi connectivity index (χ2n) is 24.6. The molecule has 95 heavy (non-hydrogen) atoms. The molecule has 12 aromatic rings. The van der Waals surface area contributed by atoms with Crippen LogP contribution >= 0.6 is 11.8 Å². The zero-order chi connectivity index (χ0) is 65.9. The molecule has 12 aromatic heterocycles. The molecule has 3 unspecified atom stereocenters. The summed E-state index contributed by atoms with van der Waals surface area (Å²) in [5, 5.41) is 20.4. The van der Waals surface area contributed by atoms with E-state index >= 15 is 0 Å². The van der Waals surface area contributed by atoms with Crippen LogP contribution in [0.3, 0.4) is 0 Å². The molecule has 4 N–H and O–H groups in total. The number of hydrogen-bond donors (Lipinski definition) is 4. The standard InChI is InChI=1S/C19H23N3O4S.C19H23N3O3S.C19H23N3O2S.C12H11N3O.CH4/c1-11-17(12(2)26-22-11)14-8-15-16(10-21-19(15)20-9-14)18(25-3)13-4-6-27(23,24)7-5-13;1-11-17(12(2)25-22-11)14-8-15-16(10-21-19(15)20-9-14)18(24-3)13-4-6-26(23)7-5-13;1-11-17(12(2)24-22-11)14-8-15-16(10-21-19(15)20-9-14)18(23-3)13-4-6-25-7-5-13;1-7-11(8(2)16-15-7)10-5-9-3-4-13-12(9)14-6-10;/h8-10,13,18H,4-7H2,1-3H3,(H,20,21);8-10,13,18H,4-7H2,1-3H3,(H,20,21);8-10,13,18H,4-7H2,1-3H3,(H,20,21);3-6H,1-2H3,(H,13,14);1H4. The summed E-state index contributed by atoms with van der Waals surface area (Å²) in [6, 6.07) is 10.5. The van der Waals surface area contributed by atoms with Crippen LogP contribution in [0.4, 0.5) is 0 Å². The van der Waals surface area contributed by atoms with Crippen molar-refractivity contribution in [3.05, 3.63) is 142 Å². The summed E-state index contributed by atoms with van der Waals surface area (Å²) in [5.74, 6) is 8.70. The van der Waals surface area contributed by atoms with E-state index in [4.69, 9.17) is 32.3 Å². The number of nitrogens with one attached hydrogen (secondary N) is 4. The summed E-state index contributed by atoms with van der Waals surface area (Å²) >= 11 is 2.04. The fourth-order valence-electron chi connectivity index (χ4n) is 13.9. The van der Waals surface area contributed by atoms with Gasteiger partial charge in [0.05, 0.1) is 52.6 Å². The largest absolute Gasteiger partial charge is 0.376 e. The van der Waals surface area contributed by atoms with Crippen LogP contribution in [0, 0.1) is 73.1 Å². The predicted octanol–water partition coefficient (Wildman–Crippen LogP) is 15.2. The van der Waals surface area contributed by atoms with Gasteiger partial charge in [-0.2, -0.15) is 11.8 Å². The van der Waals surface area contributed by atoms with Gasteiger partial charge in [0.25, 0.3) is 0 Å². The monoisotopic (exact) mass is 1350 g/mol. The van der Waals surface area contributed by atoms with Crippen LogP contribution in [-0.2, 0) is 34.8 Å². The van der Waals surface area contributed by atoms with Crippen molar-refractivity contribution in [2.75, 3.05) is 55.8 Å². The molecule has 3 aliphatic heterocycles. The normalized spacial score (nSPS) is 17.8. The van der Waals surface area contributed by atoms with Crippen molar-refractivity contribution in [1.29, 1.82) is 0 Å². The molecule has 15 rings (SSSR count). The number of rotatable bonds is 13. The van der Waals surface area contributed by atoms with Crippen LogP contribution in [0.15, 0.2) is 98.0 Å². The fraction of sp³-hybridized carbons (Fsp3) is 0.429. The molecule has 3 saturated heterocycles. The second kappa shape index (κ2) is 29.5. The summed E-state index contributed by atoms with van der Waals surface area (Å²) in [5.41, 5.74) is 18.3. The van der Waals surface area contributed by atoms with Crippen molar-refractivity contribution in [1.82, 2.24) is 60.5 Å². The summed E-state index contributed by atoms with van der Waals surface area (Å²) in [6.07, 6.45) is 20.6. The number of fused-ring (bicyclic) bond motifs is 4. The van der Waals surface area contributed by atoms with Crippen LogP contribution in [-0.4, -0.2) is 129 Å².